The molecule has 1 aromatic carbocycles. The van der Waals surface area contributed by atoms with Gasteiger partial charge in [-0.3, -0.25) is 4.79 Å². The van der Waals surface area contributed by atoms with Gasteiger partial charge in [0.05, 0.1) is 5.56 Å². The molecule has 0 atom stereocenters. The van der Waals surface area contributed by atoms with Crippen molar-refractivity contribution in [3.05, 3.63) is 29.3 Å². The number of carboxylic acids is 1. The van der Waals surface area contributed by atoms with Crippen LogP contribution in [0.2, 0.25) is 0 Å². The SMILES string of the molecule is CN(C)CCCN1C(=O)CCc2cc(C(=O)O)ccc21. The molecule has 108 valence electrons. The zero-order chi connectivity index (χ0) is 14.7. The number of carbonyl (C=O) groups is 2. The molecule has 1 amide bonds. The third-order valence-corrected chi connectivity index (χ3v) is 3.51. The summed E-state index contributed by atoms with van der Waals surface area (Å²) in [5.74, 6) is -0.803. The number of aromatic carboxylic acids is 1. The molecule has 0 saturated heterocycles. The summed E-state index contributed by atoms with van der Waals surface area (Å²) >= 11 is 0. The van der Waals surface area contributed by atoms with Gasteiger partial charge in [-0.1, -0.05) is 0 Å². The number of aryl methyl sites for hydroxylation is 1. The van der Waals surface area contributed by atoms with Crippen molar-refractivity contribution in [3.8, 4) is 0 Å². The van der Waals surface area contributed by atoms with Crippen LogP contribution in [0.3, 0.4) is 0 Å². The molecule has 1 N–H and O–H groups in total. The predicted molar refractivity (Wildman–Crippen MR) is 77.2 cm³/mol. The lowest BCUT2D eigenvalue weighted by molar-refractivity contribution is -0.118. The van der Waals surface area contributed by atoms with E-state index in [1.54, 1.807) is 23.1 Å². The maximum Gasteiger partial charge on any atom is 0.335 e. The Balaban J connectivity index is 2.18. The zero-order valence-corrected chi connectivity index (χ0v) is 11.9. The summed E-state index contributed by atoms with van der Waals surface area (Å²) in [6.45, 7) is 1.60. The molecule has 0 fully saturated rings. The number of amides is 1. The second-order valence-electron chi connectivity index (χ2n) is 5.35. The van der Waals surface area contributed by atoms with E-state index < -0.39 is 5.97 Å². The molecule has 2 rings (SSSR count). The highest BCUT2D eigenvalue weighted by atomic mass is 16.4. The largest absolute Gasteiger partial charge is 0.478 e. The maximum absolute atomic E-state index is 12.0. The van der Waals surface area contributed by atoms with Crippen LogP contribution in [0.4, 0.5) is 5.69 Å². The molecule has 0 saturated carbocycles. The van der Waals surface area contributed by atoms with Gasteiger partial charge >= 0.3 is 5.97 Å². The van der Waals surface area contributed by atoms with Crippen molar-refractivity contribution >= 4 is 17.6 Å². The van der Waals surface area contributed by atoms with Crippen LogP contribution in [0.15, 0.2) is 18.2 Å². The lowest BCUT2D eigenvalue weighted by Crippen LogP contribution is -2.37. The molecule has 1 aliphatic rings. The van der Waals surface area contributed by atoms with Crippen molar-refractivity contribution in [1.29, 1.82) is 0 Å². The van der Waals surface area contributed by atoms with Crippen molar-refractivity contribution in [3.63, 3.8) is 0 Å². The number of hydrogen-bond acceptors (Lipinski definition) is 3. The van der Waals surface area contributed by atoms with E-state index in [1.807, 2.05) is 14.1 Å². The van der Waals surface area contributed by atoms with Crippen LogP contribution in [-0.4, -0.2) is 49.1 Å². The summed E-state index contributed by atoms with van der Waals surface area (Å²) in [6, 6.07) is 5.01. The number of carbonyl (C=O) groups excluding carboxylic acids is 1. The Bertz CT molecular complexity index is 526. The van der Waals surface area contributed by atoms with Gasteiger partial charge in [0.2, 0.25) is 5.91 Å². The smallest absolute Gasteiger partial charge is 0.335 e. The topological polar surface area (TPSA) is 60.9 Å². The van der Waals surface area contributed by atoms with Gasteiger partial charge in [0.25, 0.3) is 0 Å². The number of fused-ring (bicyclic) bond motifs is 1. The lowest BCUT2D eigenvalue weighted by Gasteiger charge is -2.30. The van der Waals surface area contributed by atoms with E-state index in [-0.39, 0.29) is 11.5 Å². The van der Waals surface area contributed by atoms with Gasteiger partial charge in [-0.2, -0.15) is 0 Å². The highest BCUT2D eigenvalue weighted by molar-refractivity contribution is 5.97. The molecule has 0 unspecified atom stereocenters. The van der Waals surface area contributed by atoms with Crippen LogP contribution in [0.5, 0.6) is 0 Å². The molecule has 5 heteroatoms. The number of benzene rings is 1. The Labute approximate surface area is 118 Å². The van der Waals surface area contributed by atoms with Gasteiger partial charge in [0, 0.05) is 18.7 Å². The van der Waals surface area contributed by atoms with E-state index in [1.165, 1.54) is 0 Å². The first-order valence-corrected chi connectivity index (χ1v) is 6.80. The Kier molecular flexibility index (Phi) is 4.39. The van der Waals surface area contributed by atoms with Crippen LogP contribution >= 0.6 is 0 Å². The number of rotatable bonds is 5. The summed E-state index contributed by atoms with van der Waals surface area (Å²) < 4.78 is 0. The summed E-state index contributed by atoms with van der Waals surface area (Å²) in [7, 11) is 4.01. The van der Waals surface area contributed by atoms with E-state index in [2.05, 4.69) is 4.90 Å². The highest BCUT2D eigenvalue weighted by Gasteiger charge is 2.24. The quantitative estimate of drug-likeness (QED) is 0.887. The Hall–Kier alpha value is -1.88. The third kappa shape index (κ3) is 3.17. The fourth-order valence-corrected chi connectivity index (χ4v) is 2.48. The van der Waals surface area contributed by atoms with Gasteiger partial charge in [-0.25, -0.2) is 4.79 Å². The fourth-order valence-electron chi connectivity index (χ4n) is 2.48. The minimum atomic E-state index is -0.927. The highest BCUT2D eigenvalue weighted by Crippen LogP contribution is 2.29. The first-order chi connectivity index (χ1) is 9.49. The van der Waals surface area contributed by atoms with Crippen molar-refractivity contribution in [2.75, 3.05) is 32.1 Å². The van der Waals surface area contributed by atoms with Crippen molar-refractivity contribution in [1.82, 2.24) is 4.90 Å². The zero-order valence-electron chi connectivity index (χ0n) is 11.9. The molecule has 0 bridgehead atoms. The average molecular weight is 276 g/mol. The number of anilines is 1. The lowest BCUT2D eigenvalue weighted by atomic mass is 9.98. The van der Waals surface area contributed by atoms with Gasteiger partial charge in [-0.05, 0) is 57.2 Å². The molecule has 1 aromatic rings. The van der Waals surface area contributed by atoms with Crippen LogP contribution in [0, 0.1) is 0 Å². The average Bonchev–Trinajstić information content (AvgIpc) is 2.40. The predicted octanol–water partition coefficient (Wildman–Crippen LogP) is 1.62. The van der Waals surface area contributed by atoms with E-state index in [0.717, 1.165) is 24.2 Å². The summed E-state index contributed by atoms with van der Waals surface area (Å²) in [5.41, 5.74) is 2.10. The second-order valence-corrected chi connectivity index (χ2v) is 5.35. The van der Waals surface area contributed by atoms with Crippen LogP contribution < -0.4 is 4.90 Å². The van der Waals surface area contributed by atoms with Crippen LogP contribution in [-0.2, 0) is 11.2 Å². The fraction of sp³-hybridized carbons (Fsp3) is 0.467. The Morgan fingerprint density at radius 2 is 2.10 bits per heavy atom. The first-order valence-electron chi connectivity index (χ1n) is 6.80. The van der Waals surface area contributed by atoms with E-state index in [4.69, 9.17) is 5.11 Å². The van der Waals surface area contributed by atoms with Crippen LogP contribution in [0.25, 0.3) is 0 Å². The van der Waals surface area contributed by atoms with E-state index in [9.17, 15) is 9.59 Å². The van der Waals surface area contributed by atoms with Gasteiger partial charge in [-0.15, -0.1) is 0 Å². The third-order valence-electron chi connectivity index (χ3n) is 3.51. The molecule has 5 nitrogen and oxygen atoms in total. The molecular formula is C15H20N2O3. The van der Waals surface area contributed by atoms with Gasteiger partial charge < -0.3 is 14.9 Å². The molecule has 0 radical (unpaired) electrons. The Morgan fingerprint density at radius 3 is 2.75 bits per heavy atom. The minimum Gasteiger partial charge on any atom is -0.478 e. The first kappa shape index (κ1) is 14.5. The molecule has 1 aliphatic heterocycles. The van der Waals surface area contributed by atoms with Gasteiger partial charge in [0.1, 0.15) is 0 Å². The molecule has 0 aromatic heterocycles. The number of carboxylic acid groups (broad SMARTS) is 1. The van der Waals surface area contributed by atoms with Crippen molar-refractivity contribution in [2.24, 2.45) is 0 Å². The maximum atomic E-state index is 12.0. The van der Waals surface area contributed by atoms with Gasteiger partial charge in [0.15, 0.2) is 0 Å². The number of hydrogen-bond donors (Lipinski definition) is 1. The normalized spacial score (nSPS) is 14.6. The summed E-state index contributed by atoms with van der Waals surface area (Å²) in [5, 5.41) is 9.02. The standard InChI is InChI=1S/C15H20N2O3/c1-16(2)8-3-9-17-13-6-4-12(15(19)20)10-11(13)5-7-14(17)18/h4,6,10H,3,5,7-9H2,1-2H3,(H,19,20). The van der Waals surface area contributed by atoms with E-state index in [0.29, 0.717) is 19.4 Å². The molecule has 20 heavy (non-hydrogen) atoms. The van der Waals surface area contributed by atoms with E-state index >= 15 is 0 Å². The molecule has 1 heterocycles. The molecule has 0 aliphatic carbocycles. The van der Waals surface area contributed by atoms with Crippen molar-refractivity contribution < 1.29 is 14.7 Å². The van der Waals surface area contributed by atoms with Crippen molar-refractivity contribution in [2.45, 2.75) is 19.3 Å². The second kappa shape index (κ2) is 6.05. The monoisotopic (exact) mass is 276 g/mol. The molecule has 0 spiro atoms. The summed E-state index contributed by atoms with van der Waals surface area (Å²) in [6.07, 6.45) is 1.98. The number of nitrogens with zero attached hydrogens (tertiary/aromatic N) is 2. The molecular weight excluding hydrogens is 256 g/mol. The minimum absolute atomic E-state index is 0.124. The van der Waals surface area contributed by atoms with Crippen LogP contribution in [0.1, 0.15) is 28.8 Å². The Morgan fingerprint density at radius 1 is 1.35 bits per heavy atom. The summed E-state index contributed by atoms with van der Waals surface area (Å²) in [4.78, 5) is 26.9.